The van der Waals surface area contributed by atoms with Gasteiger partial charge in [-0.15, -0.1) is 0 Å². The van der Waals surface area contributed by atoms with Crippen LogP contribution in [0.25, 0.3) is 11.3 Å². The quantitative estimate of drug-likeness (QED) is 0.543. The number of nitrogens with zero attached hydrogens (tertiary/aromatic N) is 3. The summed E-state index contributed by atoms with van der Waals surface area (Å²) in [5.41, 5.74) is 4.25. The molecule has 1 atom stereocenters. The Kier molecular flexibility index (Phi) is 5.71. The average molecular weight is 471 g/mol. The van der Waals surface area contributed by atoms with Gasteiger partial charge in [0.05, 0.1) is 24.0 Å². The van der Waals surface area contributed by atoms with Crippen molar-refractivity contribution in [1.29, 1.82) is 0 Å². The average Bonchev–Trinajstić information content (AvgIpc) is 3.14. The van der Waals surface area contributed by atoms with Gasteiger partial charge in [-0.05, 0) is 56.0 Å². The minimum Gasteiger partial charge on any atom is -0.493 e. The van der Waals surface area contributed by atoms with E-state index in [4.69, 9.17) is 4.74 Å². The van der Waals surface area contributed by atoms with Crippen LogP contribution < -0.4 is 9.47 Å². The molecule has 0 spiro atoms. The third kappa shape index (κ3) is 3.99. The number of benzene rings is 2. The number of fused-ring (bicyclic) bond motifs is 2. The Morgan fingerprint density at radius 3 is 2.82 bits per heavy atom. The van der Waals surface area contributed by atoms with Crippen LogP contribution in [0.2, 0.25) is 0 Å². The molecule has 1 aromatic heterocycles. The fourth-order valence-corrected chi connectivity index (χ4v) is 4.89. The van der Waals surface area contributed by atoms with Crippen LogP contribution in [0, 0.1) is 5.82 Å². The molecule has 2 aliphatic heterocycles. The van der Waals surface area contributed by atoms with Gasteiger partial charge in [0, 0.05) is 36.3 Å². The monoisotopic (exact) mass is 471 g/mol. The van der Waals surface area contributed by atoms with E-state index >= 15 is 0 Å². The number of hydrogen-bond acceptors (Lipinski definition) is 4. The molecule has 0 unspecified atom stereocenters. The summed E-state index contributed by atoms with van der Waals surface area (Å²) in [6, 6.07) is 8.83. The summed E-state index contributed by atoms with van der Waals surface area (Å²) in [5.74, 6) is -0.287. The molecule has 0 saturated carbocycles. The Morgan fingerprint density at radius 2 is 2.03 bits per heavy atom. The molecule has 34 heavy (non-hydrogen) atoms. The van der Waals surface area contributed by atoms with Gasteiger partial charge < -0.3 is 14.4 Å². The van der Waals surface area contributed by atoms with E-state index in [0.29, 0.717) is 42.1 Å². The van der Waals surface area contributed by atoms with Gasteiger partial charge in [-0.25, -0.2) is 4.39 Å². The number of aryl methyl sites for hydroxylation is 2. The highest BCUT2D eigenvalue weighted by Gasteiger charge is 2.34. The number of carbonyl (C=O) groups excluding carboxylic acids is 1. The standard InChI is InChI=1S/C25H24F3N3O3/c1-14-22-20(23(30(2)29-22)17-10-18(26)13-19(11-17)34-25(27)28)7-8-31(14)24(32)16-6-5-15-4-3-9-33-21(15)12-16/h5-6,10-14,25H,3-4,7-9H2,1-2H3/t14-/m0/s1. The van der Waals surface area contributed by atoms with Crippen molar-refractivity contribution >= 4 is 5.91 Å². The predicted molar refractivity (Wildman–Crippen MR) is 119 cm³/mol. The maximum atomic E-state index is 14.2. The molecule has 1 amide bonds. The number of carbonyl (C=O) groups is 1. The second-order valence-electron chi connectivity index (χ2n) is 8.59. The normalized spacial score (nSPS) is 17.2. The first-order valence-corrected chi connectivity index (χ1v) is 11.2. The minimum atomic E-state index is -3.05. The first-order valence-electron chi connectivity index (χ1n) is 11.2. The molecule has 3 heterocycles. The fraction of sp³-hybridized carbons (Fsp3) is 0.360. The van der Waals surface area contributed by atoms with E-state index < -0.39 is 12.4 Å². The summed E-state index contributed by atoms with van der Waals surface area (Å²) in [5, 5.41) is 4.61. The van der Waals surface area contributed by atoms with Gasteiger partial charge in [-0.2, -0.15) is 13.9 Å². The maximum absolute atomic E-state index is 14.2. The number of hydrogen-bond donors (Lipinski definition) is 0. The Morgan fingerprint density at radius 1 is 1.21 bits per heavy atom. The Labute approximate surface area is 194 Å². The van der Waals surface area contributed by atoms with Crippen LogP contribution in [0.3, 0.4) is 0 Å². The van der Waals surface area contributed by atoms with Crippen molar-refractivity contribution in [3.05, 3.63) is 64.6 Å². The predicted octanol–water partition coefficient (Wildman–Crippen LogP) is 4.91. The summed E-state index contributed by atoms with van der Waals surface area (Å²) in [6.45, 7) is -0.0593. The van der Waals surface area contributed by atoms with E-state index in [1.165, 1.54) is 12.1 Å². The Balaban J connectivity index is 1.45. The van der Waals surface area contributed by atoms with E-state index in [9.17, 15) is 18.0 Å². The van der Waals surface area contributed by atoms with Crippen molar-refractivity contribution in [3.63, 3.8) is 0 Å². The molecule has 6 nitrogen and oxygen atoms in total. The summed E-state index contributed by atoms with van der Waals surface area (Å²) in [6.07, 6.45) is 2.40. The van der Waals surface area contributed by atoms with E-state index in [1.54, 1.807) is 22.7 Å². The molecular formula is C25H24F3N3O3. The molecular weight excluding hydrogens is 447 g/mol. The second kappa shape index (κ2) is 8.70. The second-order valence-corrected chi connectivity index (χ2v) is 8.59. The molecule has 2 aliphatic rings. The molecule has 2 aromatic carbocycles. The fourth-order valence-electron chi connectivity index (χ4n) is 4.89. The number of amides is 1. The topological polar surface area (TPSA) is 56.6 Å². The number of alkyl halides is 2. The lowest BCUT2D eigenvalue weighted by molar-refractivity contribution is -0.0499. The van der Waals surface area contributed by atoms with Crippen molar-refractivity contribution in [2.24, 2.45) is 7.05 Å². The van der Waals surface area contributed by atoms with E-state index in [-0.39, 0.29) is 17.7 Å². The Hall–Kier alpha value is -3.49. The van der Waals surface area contributed by atoms with E-state index in [1.807, 2.05) is 19.1 Å². The van der Waals surface area contributed by atoms with Crippen LogP contribution in [-0.4, -0.2) is 40.4 Å². The van der Waals surface area contributed by atoms with Crippen molar-refractivity contribution in [1.82, 2.24) is 14.7 Å². The van der Waals surface area contributed by atoms with Crippen molar-refractivity contribution in [2.45, 2.75) is 38.8 Å². The lowest BCUT2D eigenvalue weighted by atomic mass is 9.94. The summed E-state index contributed by atoms with van der Waals surface area (Å²) < 4.78 is 51.2. The number of rotatable bonds is 4. The smallest absolute Gasteiger partial charge is 0.387 e. The zero-order valence-electron chi connectivity index (χ0n) is 18.9. The number of halogens is 3. The molecule has 178 valence electrons. The van der Waals surface area contributed by atoms with Crippen LogP contribution in [-0.2, 0) is 19.9 Å². The molecule has 9 heteroatoms. The van der Waals surface area contributed by atoms with E-state index in [0.717, 1.165) is 35.8 Å². The third-order valence-electron chi connectivity index (χ3n) is 6.44. The summed E-state index contributed by atoms with van der Waals surface area (Å²) in [7, 11) is 1.71. The molecule has 0 saturated heterocycles. The lowest BCUT2D eigenvalue weighted by Gasteiger charge is -2.33. The van der Waals surface area contributed by atoms with Gasteiger partial charge in [-0.3, -0.25) is 9.48 Å². The molecule has 0 aliphatic carbocycles. The van der Waals surface area contributed by atoms with Gasteiger partial charge >= 0.3 is 6.61 Å². The van der Waals surface area contributed by atoms with Crippen LogP contribution in [0.1, 0.15) is 46.6 Å². The SMILES string of the molecule is C[C@H]1c2nn(C)c(-c3cc(F)cc(OC(F)F)c3)c2CCN1C(=O)c1ccc2c(c1)OCCC2. The third-order valence-corrected chi connectivity index (χ3v) is 6.44. The summed E-state index contributed by atoms with van der Waals surface area (Å²) in [4.78, 5) is 15.1. The van der Waals surface area contributed by atoms with Crippen LogP contribution in [0.4, 0.5) is 13.2 Å². The largest absolute Gasteiger partial charge is 0.493 e. The van der Waals surface area contributed by atoms with Crippen LogP contribution in [0.15, 0.2) is 36.4 Å². The molecule has 0 fully saturated rings. The first-order chi connectivity index (χ1) is 16.3. The van der Waals surface area contributed by atoms with Gasteiger partial charge in [0.15, 0.2) is 0 Å². The van der Waals surface area contributed by atoms with Crippen molar-refractivity contribution in [3.8, 4) is 22.8 Å². The highest BCUT2D eigenvalue weighted by molar-refractivity contribution is 5.95. The van der Waals surface area contributed by atoms with Gasteiger partial charge in [0.25, 0.3) is 5.91 Å². The zero-order valence-corrected chi connectivity index (χ0v) is 18.9. The highest BCUT2D eigenvalue weighted by Crippen LogP contribution is 2.38. The molecule has 0 N–H and O–H groups in total. The lowest BCUT2D eigenvalue weighted by Crippen LogP contribution is -2.39. The van der Waals surface area contributed by atoms with Crippen molar-refractivity contribution < 1.29 is 27.4 Å². The van der Waals surface area contributed by atoms with Crippen LogP contribution >= 0.6 is 0 Å². The first kappa shape index (κ1) is 22.3. The number of aromatic nitrogens is 2. The van der Waals surface area contributed by atoms with Gasteiger partial charge in [0.1, 0.15) is 17.3 Å². The molecule has 0 radical (unpaired) electrons. The van der Waals surface area contributed by atoms with Crippen LogP contribution in [0.5, 0.6) is 11.5 Å². The van der Waals surface area contributed by atoms with E-state index in [2.05, 4.69) is 9.84 Å². The summed E-state index contributed by atoms with van der Waals surface area (Å²) >= 11 is 0. The van der Waals surface area contributed by atoms with Gasteiger partial charge in [0.2, 0.25) is 0 Å². The Bertz CT molecular complexity index is 1260. The maximum Gasteiger partial charge on any atom is 0.387 e. The zero-order chi connectivity index (χ0) is 24.0. The highest BCUT2D eigenvalue weighted by atomic mass is 19.3. The minimum absolute atomic E-state index is 0.110. The molecule has 3 aromatic rings. The number of ether oxygens (including phenoxy) is 2. The molecule has 5 rings (SSSR count). The van der Waals surface area contributed by atoms with Gasteiger partial charge in [-0.1, -0.05) is 6.07 Å². The molecule has 0 bridgehead atoms. The van der Waals surface area contributed by atoms with Crippen molar-refractivity contribution in [2.75, 3.05) is 13.2 Å².